The normalized spacial score (nSPS) is 21.4. The van der Waals surface area contributed by atoms with Crippen LogP contribution in [0.3, 0.4) is 0 Å². The lowest BCUT2D eigenvalue weighted by atomic mass is 9.91. The Labute approximate surface area is 316 Å². The molecule has 2 saturated heterocycles. The molecule has 2 heterocycles. The Morgan fingerprint density at radius 2 is 1.59 bits per heavy atom. The van der Waals surface area contributed by atoms with Gasteiger partial charge in [0.1, 0.15) is 6.04 Å². The molecule has 0 unspecified atom stereocenters. The summed E-state index contributed by atoms with van der Waals surface area (Å²) in [5.41, 5.74) is 5.89. The fourth-order valence-corrected chi connectivity index (χ4v) is 7.84. The van der Waals surface area contributed by atoms with Crippen molar-refractivity contribution in [1.82, 2.24) is 10.2 Å². The molecule has 0 radical (unpaired) electrons. The fourth-order valence-electron chi connectivity index (χ4n) is 6.77. The Hall–Kier alpha value is -4.69. The summed E-state index contributed by atoms with van der Waals surface area (Å²) in [4.78, 5) is 37.7. The van der Waals surface area contributed by atoms with Crippen LogP contribution in [0.25, 0.3) is 11.1 Å². The van der Waals surface area contributed by atoms with E-state index in [0.717, 1.165) is 44.0 Å². The van der Waals surface area contributed by atoms with Crippen LogP contribution >= 0.6 is 11.8 Å². The Balaban J connectivity index is 1.14. The number of halogens is 3. The van der Waals surface area contributed by atoms with Gasteiger partial charge in [-0.25, -0.2) is 0 Å². The molecule has 5 atom stereocenters. The van der Waals surface area contributed by atoms with Crippen molar-refractivity contribution in [2.24, 2.45) is 5.92 Å². The smallest absolute Gasteiger partial charge is 0.392 e. The third kappa shape index (κ3) is 9.51. The molecule has 0 saturated carbocycles. The number of carbonyl (C=O) groups excluding carboxylic acids is 3. The maximum Gasteiger partial charge on any atom is 0.471 e. The van der Waals surface area contributed by atoms with Gasteiger partial charge in [0, 0.05) is 47.8 Å². The Kier molecular flexibility index (Phi) is 12.4. The molecule has 3 N–H and O–H groups in total. The number of hydrogen-bond donors (Lipinski definition) is 3. The number of rotatable bonds is 11. The average Bonchev–Trinajstić information content (AvgIpc) is 3.67. The molecule has 0 bridgehead atoms. The molecule has 2 aliphatic rings. The minimum Gasteiger partial charge on any atom is -0.392 e. The molecule has 284 valence electrons. The maximum absolute atomic E-state index is 13.0. The molecule has 9 nitrogen and oxygen atoms in total. The van der Waals surface area contributed by atoms with E-state index in [0.29, 0.717) is 17.1 Å². The lowest BCUT2D eigenvalue weighted by Crippen LogP contribution is -2.50. The van der Waals surface area contributed by atoms with Crippen LogP contribution in [0.1, 0.15) is 61.3 Å². The molecule has 0 spiro atoms. The molecular formula is C41H42F3N3O6S. The van der Waals surface area contributed by atoms with Crippen LogP contribution in [0.2, 0.25) is 0 Å². The van der Waals surface area contributed by atoms with Gasteiger partial charge in [0.15, 0.2) is 6.29 Å². The molecule has 4 aromatic rings. The molecule has 6 rings (SSSR count). The minimum absolute atomic E-state index is 0.00301. The molecule has 13 heteroatoms. The lowest BCUT2D eigenvalue weighted by Gasteiger charge is -2.41. The van der Waals surface area contributed by atoms with E-state index in [1.165, 1.54) is 6.92 Å². The molecule has 2 fully saturated rings. The first-order valence-electron chi connectivity index (χ1n) is 17.8. The number of amides is 3. The predicted molar refractivity (Wildman–Crippen MR) is 199 cm³/mol. The van der Waals surface area contributed by atoms with Gasteiger partial charge in [-0.15, -0.1) is 11.8 Å². The SMILES string of the molecule is CC(=O)Nc1ccc(SC[C@H]2O[C@@H](c3ccc(-c4cccc(CNC(=O)[C@@H]5CCCN5C(=O)C(F)(F)F)c4)cc3)O[C@@H](c3ccc(CO)cc3)[C@H]2C)cc1. The number of hydrogen-bond acceptors (Lipinski definition) is 7. The lowest BCUT2D eigenvalue weighted by molar-refractivity contribution is -0.268. The van der Waals surface area contributed by atoms with Gasteiger partial charge in [-0.05, 0) is 71.0 Å². The molecule has 4 aromatic carbocycles. The number of thioether (sulfide) groups is 1. The molecule has 0 aromatic heterocycles. The molecule has 2 aliphatic heterocycles. The van der Waals surface area contributed by atoms with Crippen LogP contribution in [0.15, 0.2) is 102 Å². The summed E-state index contributed by atoms with van der Waals surface area (Å²) >= 11 is 1.66. The number of carbonyl (C=O) groups is 3. The van der Waals surface area contributed by atoms with Crippen molar-refractivity contribution in [3.63, 3.8) is 0 Å². The summed E-state index contributed by atoms with van der Waals surface area (Å²) in [6.07, 6.45) is -5.64. The van der Waals surface area contributed by atoms with Gasteiger partial charge in [-0.3, -0.25) is 14.4 Å². The third-order valence-electron chi connectivity index (χ3n) is 9.68. The summed E-state index contributed by atoms with van der Waals surface area (Å²) in [6.45, 7) is 3.52. The van der Waals surface area contributed by atoms with E-state index in [-0.39, 0.29) is 50.2 Å². The van der Waals surface area contributed by atoms with Gasteiger partial charge in [-0.1, -0.05) is 73.7 Å². The van der Waals surface area contributed by atoms with Crippen molar-refractivity contribution in [2.45, 2.75) is 75.5 Å². The monoisotopic (exact) mass is 761 g/mol. The quantitative estimate of drug-likeness (QED) is 0.135. The fraction of sp³-hybridized carbons (Fsp3) is 0.341. The number of aliphatic hydroxyl groups is 1. The van der Waals surface area contributed by atoms with Gasteiger partial charge in [0.25, 0.3) is 0 Å². The van der Waals surface area contributed by atoms with E-state index in [9.17, 15) is 32.7 Å². The van der Waals surface area contributed by atoms with Crippen LogP contribution < -0.4 is 10.6 Å². The van der Waals surface area contributed by atoms with Crippen molar-refractivity contribution in [3.8, 4) is 11.1 Å². The number of aliphatic hydroxyl groups excluding tert-OH is 1. The number of likely N-dealkylation sites (tertiary alicyclic amines) is 1. The van der Waals surface area contributed by atoms with E-state index in [1.807, 2.05) is 97.1 Å². The second-order valence-corrected chi connectivity index (χ2v) is 14.6. The van der Waals surface area contributed by atoms with Crippen molar-refractivity contribution in [3.05, 3.63) is 119 Å². The predicted octanol–water partition coefficient (Wildman–Crippen LogP) is 7.56. The standard InChI is InChI=1S/C41H42F3N3O6S/c1-25-36(24-54-34-18-16-33(17-19-34)46-26(2)49)52-39(53-37(25)30-10-8-27(23-48)9-11-30)31-14-12-29(13-15-31)32-6-3-5-28(21-32)22-45-38(50)35-7-4-20-47(35)40(51)41(42,43)44/h3,5-6,8-19,21,25,35-37,39,48H,4,7,20,22-24H2,1-2H3,(H,45,50)(H,46,49)/t25-,35-,36+,37+,39+/m0/s1. The topological polar surface area (TPSA) is 117 Å². The van der Waals surface area contributed by atoms with Crippen LogP contribution in [0, 0.1) is 5.92 Å². The number of alkyl halides is 3. The van der Waals surface area contributed by atoms with Crippen molar-refractivity contribution < 1.29 is 42.1 Å². The van der Waals surface area contributed by atoms with E-state index < -0.39 is 30.3 Å². The summed E-state index contributed by atoms with van der Waals surface area (Å²) in [7, 11) is 0. The van der Waals surface area contributed by atoms with Crippen LogP contribution in [-0.2, 0) is 37.0 Å². The molecule has 54 heavy (non-hydrogen) atoms. The van der Waals surface area contributed by atoms with E-state index in [2.05, 4.69) is 17.6 Å². The van der Waals surface area contributed by atoms with E-state index >= 15 is 0 Å². The number of ether oxygens (including phenoxy) is 2. The summed E-state index contributed by atoms with van der Waals surface area (Å²) in [5.74, 6) is -2.07. The highest BCUT2D eigenvalue weighted by Crippen LogP contribution is 2.43. The van der Waals surface area contributed by atoms with Gasteiger partial charge in [0.05, 0.1) is 18.8 Å². The van der Waals surface area contributed by atoms with E-state index in [1.54, 1.807) is 11.8 Å². The van der Waals surface area contributed by atoms with Gasteiger partial charge in [0.2, 0.25) is 11.8 Å². The van der Waals surface area contributed by atoms with Crippen molar-refractivity contribution in [2.75, 3.05) is 17.6 Å². The summed E-state index contributed by atoms with van der Waals surface area (Å²) in [6, 6.07) is 29.6. The number of nitrogens with zero attached hydrogens (tertiary/aromatic N) is 1. The second-order valence-electron chi connectivity index (χ2n) is 13.5. The largest absolute Gasteiger partial charge is 0.471 e. The van der Waals surface area contributed by atoms with Crippen molar-refractivity contribution in [1.29, 1.82) is 0 Å². The molecule has 0 aliphatic carbocycles. The minimum atomic E-state index is -5.03. The zero-order chi connectivity index (χ0) is 38.4. The van der Waals surface area contributed by atoms with Crippen molar-refractivity contribution >= 4 is 35.2 Å². The first-order chi connectivity index (χ1) is 25.9. The zero-order valence-electron chi connectivity index (χ0n) is 29.8. The maximum atomic E-state index is 13.0. The van der Waals surface area contributed by atoms with Gasteiger partial charge >= 0.3 is 12.1 Å². The highest BCUT2D eigenvalue weighted by Gasteiger charge is 2.47. The zero-order valence-corrected chi connectivity index (χ0v) is 30.7. The van der Waals surface area contributed by atoms with Crippen LogP contribution in [-0.4, -0.2) is 58.3 Å². The average molecular weight is 762 g/mol. The van der Waals surface area contributed by atoms with Gasteiger partial charge < -0.3 is 30.1 Å². The Bertz CT molecular complexity index is 1920. The van der Waals surface area contributed by atoms with Crippen LogP contribution in [0.4, 0.5) is 18.9 Å². The molecular weight excluding hydrogens is 720 g/mol. The number of nitrogens with one attached hydrogen (secondary N) is 2. The molecule has 3 amide bonds. The first-order valence-corrected chi connectivity index (χ1v) is 18.7. The summed E-state index contributed by atoms with van der Waals surface area (Å²) < 4.78 is 52.4. The van der Waals surface area contributed by atoms with Gasteiger partial charge in [-0.2, -0.15) is 13.2 Å². The van der Waals surface area contributed by atoms with E-state index in [4.69, 9.17) is 9.47 Å². The summed E-state index contributed by atoms with van der Waals surface area (Å²) in [5, 5.41) is 15.1. The number of benzene rings is 4. The first kappa shape index (κ1) is 39.0. The Morgan fingerprint density at radius 3 is 2.26 bits per heavy atom. The Morgan fingerprint density at radius 1 is 0.889 bits per heavy atom. The highest BCUT2D eigenvalue weighted by atomic mass is 32.2. The highest BCUT2D eigenvalue weighted by molar-refractivity contribution is 7.99. The number of anilines is 1. The second kappa shape index (κ2) is 17.2. The third-order valence-corrected chi connectivity index (χ3v) is 10.8. The van der Waals surface area contributed by atoms with Crippen LogP contribution in [0.5, 0.6) is 0 Å².